The van der Waals surface area contributed by atoms with Crippen LogP contribution in [0.5, 0.6) is 0 Å². The fourth-order valence-electron chi connectivity index (χ4n) is 7.54. The summed E-state index contributed by atoms with van der Waals surface area (Å²) in [5.74, 6) is 0. The van der Waals surface area contributed by atoms with Crippen LogP contribution in [0, 0.1) is 0 Å². The molecular weight excluding hydrogens is 518 g/mol. The summed E-state index contributed by atoms with van der Waals surface area (Å²) < 4.78 is 0. The first-order valence-corrected chi connectivity index (χ1v) is 15.1. The van der Waals surface area contributed by atoms with Gasteiger partial charge >= 0.3 is 0 Å². The van der Waals surface area contributed by atoms with Gasteiger partial charge in [0.05, 0.1) is 11.2 Å². The van der Waals surface area contributed by atoms with E-state index in [1.807, 2.05) is 6.07 Å². The molecular formula is C42H29N. The van der Waals surface area contributed by atoms with Gasteiger partial charge in [-0.15, -0.1) is 0 Å². The van der Waals surface area contributed by atoms with Gasteiger partial charge in [0.2, 0.25) is 0 Å². The Balaban J connectivity index is 1.18. The van der Waals surface area contributed by atoms with E-state index in [1.165, 1.54) is 71.1 Å². The maximum atomic E-state index is 4.90. The lowest BCUT2D eigenvalue weighted by Crippen LogP contribution is -2.15. The van der Waals surface area contributed by atoms with Crippen LogP contribution in [0.2, 0.25) is 0 Å². The third-order valence-electron chi connectivity index (χ3n) is 9.63. The number of para-hydroxylation sites is 1. The van der Waals surface area contributed by atoms with E-state index in [9.17, 15) is 0 Å². The summed E-state index contributed by atoms with van der Waals surface area (Å²) in [5.41, 5.74) is 11.0. The highest BCUT2D eigenvalue weighted by molar-refractivity contribution is 6.27. The Hall–Kier alpha value is -5.27. The molecule has 1 heteroatoms. The van der Waals surface area contributed by atoms with E-state index in [2.05, 4.69) is 147 Å². The van der Waals surface area contributed by atoms with Crippen LogP contribution < -0.4 is 0 Å². The lowest BCUT2D eigenvalue weighted by molar-refractivity contribution is 0.667. The maximum Gasteiger partial charge on any atom is 0.0709 e. The highest BCUT2D eigenvalue weighted by atomic mass is 14.7. The van der Waals surface area contributed by atoms with Crippen LogP contribution in [-0.4, -0.2) is 4.98 Å². The minimum Gasteiger partial charge on any atom is -0.248 e. The summed E-state index contributed by atoms with van der Waals surface area (Å²) in [6.45, 7) is 4.80. The molecule has 0 aliphatic heterocycles. The molecule has 0 bridgehead atoms. The number of hydrogen-bond acceptors (Lipinski definition) is 1. The minimum atomic E-state index is -0.139. The van der Waals surface area contributed by atoms with E-state index in [0.29, 0.717) is 0 Å². The van der Waals surface area contributed by atoms with Crippen LogP contribution >= 0.6 is 0 Å². The molecule has 7 aromatic carbocycles. The molecule has 0 spiro atoms. The first kappa shape index (κ1) is 24.3. The van der Waals surface area contributed by atoms with Gasteiger partial charge in [-0.2, -0.15) is 0 Å². The van der Waals surface area contributed by atoms with Crippen LogP contribution in [0.25, 0.3) is 76.7 Å². The van der Waals surface area contributed by atoms with Gasteiger partial charge in [0.25, 0.3) is 0 Å². The van der Waals surface area contributed by atoms with Gasteiger partial charge in [-0.25, -0.2) is 4.98 Å². The van der Waals surface area contributed by atoms with E-state index in [1.54, 1.807) is 0 Å². The number of benzene rings is 7. The topological polar surface area (TPSA) is 12.9 Å². The Bertz CT molecular complexity index is 2380. The number of hydrogen-bond donors (Lipinski definition) is 0. The van der Waals surface area contributed by atoms with E-state index < -0.39 is 0 Å². The Morgan fingerprint density at radius 1 is 0.465 bits per heavy atom. The van der Waals surface area contributed by atoms with Crippen molar-refractivity contribution in [2.45, 2.75) is 19.3 Å². The fraction of sp³-hybridized carbons (Fsp3) is 0.0714. The number of rotatable bonds is 2. The maximum absolute atomic E-state index is 4.90. The lowest BCUT2D eigenvalue weighted by atomic mass is 9.78. The van der Waals surface area contributed by atoms with Crippen molar-refractivity contribution in [3.8, 4) is 33.5 Å². The second kappa shape index (κ2) is 8.86. The second-order valence-electron chi connectivity index (χ2n) is 12.4. The summed E-state index contributed by atoms with van der Waals surface area (Å²) in [6.07, 6.45) is 0. The third-order valence-corrected chi connectivity index (χ3v) is 9.63. The number of aromatic nitrogens is 1. The Kier molecular flexibility index (Phi) is 5.02. The normalized spacial score (nSPS) is 13.5. The first-order chi connectivity index (χ1) is 21.1. The van der Waals surface area contributed by atoms with E-state index >= 15 is 0 Å². The largest absolute Gasteiger partial charge is 0.248 e. The van der Waals surface area contributed by atoms with E-state index in [0.717, 1.165) is 16.8 Å². The molecule has 0 amide bonds. The summed E-state index contributed by atoms with van der Waals surface area (Å²) in [7, 11) is 0. The molecule has 1 nitrogen and oxygen atoms in total. The molecule has 1 aliphatic carbocycles. The smallest absolute Gasteiger partial charge is 0.0709 e. The molecule has 0 saturated heterocycles. The zero-order valence-corrected chi connectivity index (χ0v) is 24.2. The fourth-order valence-corrected chi connectivity index (χ4v) is 7.54. The van der Waals surface area contributed by atoms with Crippen LogP contribution in [0.1, 0.15) is 25.0 Å². The molecule has 43 heavy (non-hydrogen) atoms. The Labute approximate surface area is 251 Å². The quantitative estimate of drug-likeness (QED) is 0.196. The predicted molar refractivity (Wildman–Crippen MR) is 183 cm³/mol. The van der Waals surface area contributed by atoms with Crippen molar-refractivity contribution in [3.63, 3.8) is 0 Å². The third kappa shape index (κ3) is 3.49. The van der Waals surface area contributed by atoms with Gasteiger partial charge in [0, 0.05) is 16.4 Å². The summed E-state index contributed by atoms with van der Waals surface area (Å²) in [6, 6.07) is 51.0. The van der Waals surface area contributed by atoms with Gasteiger partial charge in [-0.05, 0) is 83.9 Å². The van der Waals surface area contributed by atoms with Crippen molar-refractivity contribution < 1.29 is 0 Å². The molecule has 0 N–H and O–H groups in total. The van der Waals surface area contributed by atoms with Crippen LogP contribution in [0.15, 0.2) is 140 Å². The molecule has 0 fully saturated rings. The molecule has 8 aromatic rings. The Morgan fingerprint density at radius 3 is 1.81 bits per heavy atom. The van der Waals surface area contributed by atoms with E-state index in [4.69, 9.17) is 4.98 Å². The van der Waals surface area contributed by atoms with Crippen molar-refractivity contribution in [1.82, 2.24) is 4.98 Å². The molecule has 0 atom stereocenters. The number of fused-ring (bicyclic) bond motifs is 11. The van der Waals surface area contributed by atoms with E-state index in [-0.39, 0.29) is 5.41 Å². The highest BCUT2D eigenvalue weighted by Gasteiger charge is 2.37. The molecule has 0 radical (unpaired) electrons. The summed E-state index contributed by atoms with van der Waals surface area (Å²) in [5, 5.41) is 9.21. The Morgan fingerprint density at radius 2 is 1.05 bits per heavy atom. The highest BCUT2D eigenvalue weighted by Crippen LogP contribution is 2.54. The first-order valence-electron chi connectivity index (χ1n) is 15.1. The molecule has 0 unspecified atom stereocenters. The minimum absolute atomic E-state index is 0.139. The van der Waals surface area contributed by atoms with Crippen molar-refractivity contribution in [1.29, 1.82) is 0 Å². The van der Waals surface area contributed by atoms with Crippen molar-refractivity contribution in [2.24, 2.45) is 0 Å². The monoisotopic (exact) mass is 547 g/mol. The molecule has 1 heterocycles. The van der Waals surface area contributed by atoms with Crippen LogP contribution in [-0.2, 0) is 5.41 Å². The molecule has 1 aliphatic rings. The molecule has 0 saturated carbocycles. The van der Waals surface area contributed by atoms with Gasteiger partial charge in [-0.3, -0.25) is 0 Å². The molecule has 1 aromatic heterocycles. The average molecular weight is 548 g/mol. The van der Waals surface area contributed by atoms with Crippen LogP contribution in [0.3, 0.4) is 0 Å². The average Bonchev–Trinajstić information content (AvgIpc) is 3.30. The molecule has 9 rings (SSSR count). The standard InChI is InChI=1S/C42H29N/c1-42(2)37-25-29(26-15-17-28(18-16-26)39-24-20-27-9-3-8-14-38(27)43-39)19-21-33(37)36-23-22-35-32-12-5-4-10-30(32)31-11-6-7-13-34(31)40(35)41(36)42/h3-25H,1-2H3. The van der Waals surface area contributed by atoms with Crippen LogP contribution in [0.4, 0.5) is 0 Å². The number of pyridine rings is 1. The van der Waals surface area contributed by atoms with Gasteiger partial charge in [0.15, 0.2) is 0 Å². The summed E-state index contributed by atoms with van der Waals surface area (Å²) in [4.78, 5) is 4.90. The molecule has 202 valence electrons. The number of nitrogens with zero attached hydrogens (tertiary/aromatic N) is 1. The lowest BCUT2D eigenvalue weighted by Gasteiger charge is -2.25. The van der Waals surface area contributed by atoms with Crippen molar-refractivity contribution in [3.05, 3.63) is 151 Å². The van der Waals surface area contributed by atoms with Gasteiger partial charge in [-0.1, -0.05) is 135 Å². The van der Waals surface area contributed by atoms with Gasteiger partial charge in [0.1, 0.15) is 0 Å². The zero-order valence-electron chi connectivity index (χ0n) is 24.2. The van der Waals surface area contributed by atoms with Gasteiger partial charge < -0.3 is 0 Å². The second-order valence-corrected chi connectivity index (χ2v) is 12.4. The SMILES string of the molecule is CC1(C)c2cc(-c3ccc(-c4ccc5ccccc5n4)cc3)ccc2-c2ccc3c4ccccc4c4ccccc4c3c21. The predicted octanol–water partition coefficient (Wildman–Crippen LogP) is 11.3. The summed E-state index contributed by atoms with van der Waals surface area (Å²) >= 11 is 0. The van der Waals surface area contributed by atoms with Crippen molar-refractivity contribution >= 4 is 43.2 Å². The van der Waals surface area contributed by atoms with Crippen molar-refractivity contribution in [2.75, 3.05) is 0 Å². The zero-order chi connectivity index (χ0) is 28.7.